The van der Waals surface area contributed by atoms with Gasteiger partial charge in [0.1, 0.15) is 0 Å². The van der Waals surface area contributed by atoms with Crippen molar-refractivity contribution in [3.05, 3.63) is 35.4 Å². The summed E-state index contributed by atoms with van der Waals surface area (Å²) in [6.07, 6.45) is 5.38. The van der Waals surface area contributed by atoms with E-state index in [1.165, 1.54) is 25.0 Å². The van der Waals surface area contributed by atoms with E-state index in [4.69, 9.17) is 11.6 Å². The maximum atomic E-state index is 13.1. The number of hydrogen-bond acceptors (Lipinski definition) is 0. The fourth-order valence-electron chi connectivity index (χ4n) is 2.71. The molecule has 1 aromatic rings. The zero-order valence-corrected chi connectivity index (χ0v) is 11.4. The summed E-state index contributed by atoms with van der Waals surface area (Å²) >= 11 is 6.42. The van der Waals surface area contributed by atoms with Crippen LogP contribution >= 0.6 is 11.6 Å². The van der Waals surface area contributed by atoms with Gasteiger partial charge in [0.2, 0.25) is 0 Å². The molecular weight excluding hydrogens is 254 g/mol. The Bertz CT molecular complexity index is 397. The first-order valence-corrected chi connectivity index (χ1v) is 7.08. The van der Waals surface area contributed by atoms with Gasteiger partial charge in [-0.3, -0.25) is 0 Å². The van der Waals surface area contributed by atoms with E-state index in [0.717, 1.165) is 24.3 Å². The molecule has 0 spiro atoms. The highest BCUT2D eigenvalue weighted by molar-refractivity contribution is 6.20. The van der Waals surface area contributed by atoms with Gasteiger partial charge in [0, 0.05) is 5.38 Å². The second-order valence-electron chi connectivity index (χ2n) is 5.49. The van der Waals surface area contributed by atoms with E-state index in [1.54, 1.807) is 6.07 Å². The normalized spacial score (nSPS) is 26.0. The van der Waals surface area contributed by atoms with Gasteiger partial charge in [-0.2, -0.15) is 0 Å². The molecule has 3 heteroatoms. The van der Waals surface area contributed by atoms with Crippen LogP contribution in [-0.2, 0) is 6.42 Å². The van der Waals surface area contributed by atoms with E-state index in [2.05, 4.69) is 6.92 Å². The van der Waals surface area contributed by atoms with E-state index >= 15 is 0 Å². The molecule has 0 nitrogen and oxygen atoms in total. The number of halogens is 3. The Balaban J connectivity index is 1.94. The molecule has 2 rings (SSSR count). The second-order valence-corrected chi connectivity index (χ2v) is 6.05. The molecule has 0 radical (unpaired) electrons. The third-order valence-electron chi connectivity index (χ3n) is 3.99. The maximum absolute atomic E-state index is 13.1. The molecule has 0 heterocycles. The van der Waals surface area contributed by atoms with E-state index in [9.17, 15) is 8.78 Å². The highest BCUT2D eigenvalue weighted by Gasteiger charge is 2.24. The Hall–Kier alpha value is -0.630. The second kappa shape index (κ2) is 6.01. The summed E-state index contributed by atoms with van der Waals surface area (Å²) in [6, 6.07) is 4.06. The molecule has 18 heavy (non-hydrogen) atoms. The van der Waals surface area contributed by atoms with Gasteiger partial charge < -0.3 is 0 Å². The summed E-state index contributed by atoms with van der Waals surface area (Å²) in [5.41, 5.74) is 0.785. The molecule has 0 amide bonds. The monoisotopic (exact) mass is 272 g/mol. The maximum Gasteiger partial charge on any atom is 0.159 e. The Morgan fingerprint density at radius 3 is 2.44 bits per heavy atom. The minimum absolute atomic E-state index is 0.0300. The summed E-state index contributed by atoms with van der Waals surface area (Å²) in [5.74, 6) is -0.269. The van der Waals surface area contributed by atoms with Gasteiger partial charge in [0.25, 0.3) is 0 Å². The highest BCUT2D eigenvalue weighted by Crippen LogP contribution is 2.33. The third kappa shape index (κ3) is 3.44. The van der Waals surface area contributed by atoms with Gasteiger partial charge in [-0.05, 0) is 48.8 Å². The number of benzene rings is 1. The van der Waals surface area contributed by atoms with Crippen LogP contribution in [0.5, 0.6) is 0 Å². The minimum atomic E-state index is -0.795. The topological polar surface area (TPSA) is 0 Å². The Morgan fingerprint density at radius 2 is 1.83 bits per heavy atom. The Labute approximate surface area is 112 Å². The smallest absolute Gasteiger partial charge is 0.159 e. The first-order valence-electron chi connectivity index (χ1n) is 6.64. The van der Waals surface area contributed by atoms with Crippen molar-refractivity contribution in [1.82, 2.24) is 0 Å². The lowest BCUT2D eigenvalue weighted by Gasteiger charge is -2.29. The van der Waals surface area contributed by atoms with Crippen molar-refractivity contribution in [3.8, 4) is 0 Å². The molecule has 1 atom stereocenters. The van der Waals surface area contributed by atoms with Gasteiger partial charge in [-0.1, -0.05) is 25.8 Å². The first kappa shape index (κ1) is 13.8. The lowest BCUT2D eigenvalue weighted by molar-refractivity contribution is 0.281. The Kier molecular flexibility index (Phi) is 4.60. The fourth-order valence-corrected chi connectivity index (χ4v) is 3.14. The molecule has 1 aromatic carbocycles. The van der Waals surface area contributed by atoms with Crippen LogP contribution in [0, 0.1) is 23.5 Å². The van der Waals surface area contributed by atoms with Crippen LogP contribution < -0.4 is 0 Å². The SMILES string of the molecule is CC1CCC(C(Cl)Cc2ccc(F)c(F)c2)CC1. The number of alkyl halides is 1. The molecule has 1 unspecified atom stereocenters. The predicted octanol–water partition coefficient (Wildman–Crippen LogP) is 4.94. The molecule has 0 N–H and O–H groups in total. The molecule has 0 saturated heterocycles. The van der Waals surface area contributed by atoms with Crippen molar-refractivity contribution in [2.45, 2.75) is 44.4 Å². The molecule has 1 aliphatic carbocycles. The minimum Gasteiger partial charge on any atom is -0.204 e. The fraction of sp³-hybridized carbons (Fsp3) is 0.600. The van der Waals surface area contributed by atoms with Gasteiger partial charge in [-0.25, -0.2) is 8.78 Å². The largest absolute Gasteiger partial charge is 0.204 e. The van der Waals surface area contributed by atoms with Gasteiger partial charge in [0.05, 0.1) is 0 Å². The number of hydrogen-bond donors (Lipinski definition) is 0. The van der Waals surface area contributed by atoms with Crippen LogP contribution in [0.1, 0.15) is 38.2 Å². The van der Waals surface area contributed by atoms with E-state index in [-0.39, 0.29) is 5.38 Å². The van der Waals surface area contributed by atoms with Crippen LogP contribution in [-0.4, -0.2) is 5.38 Å². The predicted molar refractivity (Wildman–Crippen MR) is 70.8 cm³/mol. The summed E-state index contributed by atoms with van der Waals surface area (Å²) < 4.78 is 25.9. The zero-order valence-electron chi connectivity index (χ0n) is 10.6. The molecule has 100 valence electrons. The van der Waals surface area contributed by atoms with Crippen molar-refractivity contribution >= 4 is 11.6 Å². The summed E-state index contributed by atoms with van der Waals surface area (Å²) in [7, 11) is 0. The molecule has 0 bridgehead atoms. The van der Waals surface area contributed by atoms with E-state index < -0.39 is 11.6 Å². The molecule has 1 fully saturated rings. The van der Waals surface area contributed by atoms with Gasteiger partial charge >= 0.3 is 0 Å². The van der Waals surface area contributed by atoms with Crippen LogP contribution in [0.2, 0.25) is 0 Å². The first-order chi connectivity index (χ1) is 8.56. The van der Waals surface area contributed by atoms with Crippen molar-refractivity contribution in [2.75, 3.05) is 0 Å². The summed E-state index contributed by atoms with van der Waals surface area (Å²) in [5, 5.41) is 0.0300. The molecular formula is C15H19ClF2. The van der Waals surface area contributed by atoms with Gasteiger partial charge in [0.15, 0.2) is 11.6 Å². The van der Waals surface area contributed by atoms with Crippen LogP contribution in [0.3, 0.4) is 0 Å². The molecule has 1 aliphatic rings. The van der Waals surface area contributed by atoms with Crippen LogP contribution in [0.15, 0.2) is 18.2 Å². The highest BCUT2D eigenvalue weighted by atomic mass is 35.5. The lowest BCUT2D eigenvalue weighted by Crippen LogP contribution is -2.23. The lowest BCUT2D eigenvalue weighted by atomic mass is 9.80. The van der Waals surface area contributed by atoms with Crippen molar-refractivity contribution in [1.29, 1.82) is 0 Å². The average Bonchev–Trinajstić information content (AvgIpc) is 2.34. The van der Waals surface area contributed by atoms with E-state index in [1.807, 2.05) is 0 Å². The summed E-state index contributed by atoms with van der Waals surface area (Å²) in [6.45, 7) is 2.27. The van der Waals surface area contributed by atoms with Crippen LogP contribution in [0.25, 0.3) is 0 Å². The number of rotatable bonds is 3. The third-order valence-corrected chi connectivity index (χ3v) is 4.50. The molecule has 1 saturated carbocycles. The zero-order chi connectivity index (χ0) is 13.1. The average molecular weight is 273 g/mol. The van der Waals surface area contributed by atoms with Crippen molar-refractivity contribution < 1.29 is 8.78 Å². The quantitative estimate of drug-likeness (QED) is 0.684. The van der Waals surface area contributed by atoms with E-state index in [0.29, 0.717) is 12.3 Å². The summed E-state index contributed by atoms with van der Waals surface area (Å²) in [4.78, 5) is 0. The van der Waals surface area contributed by atoms with Crippen molar-refractivity contribution in [3.63, 3.8) is 0 Å². The van der Waals surface area contributed by atoms with Crippen molar-refractivity contribution in [2.24, 2.45) is 11.8 Å². The molecule has 0 aliphatic heterocycles. The Morgan fingerprint density at radius 1 is 1.17 bits per heavy atom. The van der Waals surface area contributed by atoms with Gasteiger partial charge in [-0.15, -0.1) is 11.6 Å². The standard InChI is InChI=1S/C15H19ClF2/c1-10-2-5-12(6-3-10)13(16)8-11-4-7-14(17)15(18)9-11/h4,7,9-10,12-13H,2-3,5-6,8H2,1H3. The van der Waals surface area contributed by atoms with Crippen LogP contribution in [0.4, 0.5) is 8.78 Å². The molecule has 0 aromatic heterocycles.